The zero-order valence-corrected chi connectivity index (χ0v) is 6.58. The van der Waals surface area contributed by atoms with Gasteiger partial charge < -0.3 is 10.3 Å². The molecule has 0 aromatic rings. The Labute approximate surface area is 67.5 Å². The fraction of sp³-hybridized carbons (Fsp3) is 1.00. The zero-order chi connectivity index (χ0) is 7.49. The molecule has 0 aliphatic rings. The van der Waals surface area contributed by atoms with E-state index in [4.69, 9.17) is 45.1 Å². The van der Waals surface area contributed by atoms with Crippen molar-refractivity contribution in [1.29, 1.82) is 0 Å². The summed E-state index contributed by atoms with van der Waals surface area (Å²) in [5.41, 5.74) is 1.67. The quantitative estimate of drug-likeness (QED) is 0.448. The Morgan fingerprint density at radius 2 is 1.89 bits per heavy atom. The molecule has 0 radical (unpaired) electrons. The first-order chi connectivity index (χ1) is 3.98. The van der Waals surface area contributed by atoms with Gasteiger partial charge in [-0.3, -0.25) is 0 Å². The van der Waals surface area contributed by atoms with Crippen LogP contribution in [0.5, 0.6) is 0 Å². The summed E-state index contributed by atoms with van der Waals surface area (Å²) in [6.07, 6.45) is -1.20. The largest absolute Gasteiger partial charge is 0.387 e. The van der Waals surface area contributed by atoms with Gasteiger partial charge in [-0.05, 0) is 0 Å². The number of hydrogen-bond donors (Lipinski definition) is 3. The molecule has 56 valence electrons. The van der Waals surface area contributed by atoms with Crippen LogP contribution in [0.3, 0.4) is 0 Å². The van der Waals surface area contributed by atoms with E-state index in [9.17, 15) is 0 Å². The van der Waals surface area contributed by atoms with Crippen molar-refractivity contribution in [2.75, 3.05) is 6.54 Å². The van der Waals surface area contributed by atoms with Crippen molar-refractivity contribution in [2.45, 2.75) is 9.90 Å². The van der Waals surface area contributed by atoms with Gasteiger partial charge in [0, 0.05) is 0 Å². The maximum Gasteiger partial charge on any atom is 0.217 e. The molecule has 0 fully saturated rings. The predicted octanol–water partition coefficient (Wildman–Crippen LogP) is 0.696. The molecule has 0 aromatic carbocycles. The van der Waals surface area contributed by atoms with Crippen LogP contribution in [-0.4, -0.2) is 26.8 Å². The van der Waals surface area contributed by atoms with Crippen LogP contribution in [0.15, 0.2) is 0 Å². The minimum absolute atomic E-state index is 0.170. The van der Waals surface area contributed by atoms with Crippen molar-refractivity contribution in [2.24, 2.45) is 0 Å². The number of aliphatic hydroxyl groups is 1. The highest BCUT2D eigenvalue weighted by atomic mass is 35.6. The van der Waals surface area contributed by atoms with Gasteiger partial charge in [-0.1, -0.05) is 34.8 Å². The molecule has 0 aliphatic carbocycles. The summed E-state index contributed by atoms with van der Waals surface area (Å²) in [6, 6.07) is 0. The van der Waals surface area contributed by atoms with E-state index in [2.05, 4.69) is 0 Å². The molecule has 9 heavy (non-hydrogen) atoms. The molecule has 3 nitrogen and oxygen atoms in total. The number of nitrogens with one attached hydrogen (secondary N) is 1. The van der Waals surface area contributed by atoms with Gasteiger partial charge in [0.2, 0.25) is 3.79 Å². The van der Waals surface area contributed by atoms with Crippen LogP contribution >= 0.6 is 34.8 Å². The highest BCUT2D eigenvalue weighted by Crippen LogP contribution is 2.29. The summed E-state index contributed by atoms with van der Waals surface area (Å²) in [7, 11) is 0. The van der Waals surface area contributed by atoms with Crippen molar-refractivity contribution < 1.29 is 10.3 Å². The van der Waals surface area contributed by atoms with Crippen LogP contribution in [0.4, 0.5) is 0 Å². The molecule has 0 bridgehead atoms. The maximum atomic E-state index is 8.77. The van der Waals surface area contributed by atoms with E-state index >= 15 is 0 Å². The molecule has 1 atom stereocenters. The molecule has 0 heterocycles. The van der Waals surface area contributed by atoms with Gasteiger partial charge in [-0.2, -0.15) is 0 Å². The number of alkyl halides is 3. The standard InChI is InChI=1S/C3H6Cl3NO2/c4-3(5,6)2(8)1-7-9/h2,7-9H,1H2. The third-order valence-corrected chi connectivity index (χ3v) is 1.42. The van der Waals surface area contributed by atoms with E-state index in [-0.39, 0.29) is 6.54 Å². The van der Waals surface area contributed by atoms with E-state index in [0.717, 1.165) is 0 Å². The van der Waals surface area contributed by atoms with E-state index in [1.165, 1.54) is 0 Å². The molecule has 0 saturated heterocycles. The van der Waals surface area contributed by atoms with Crippen molar-refractivity contribution in [3.8, 4) is 0 Å². The predicted molar refractivity (Wildman–Crippen MR) is 36.1 cm³/mol. The first-order valence-electron chi connectivity index (χ1n) is 2.10. The molecule has 0 amide bonds. The number of rotatable bonds is 2. The molecule has 3 N–H and O–H groups in total. The third kappa shape index (κ3) is 4.19. The van der Waals surface area contributed by atoms with Gasteiger partial charge in [0.05, 0.1) is 6.54 Å². The van der Waals surface area contributed by atoms with E-state index in [0.29, 0.717) is 0 Å². The molecular weight excluding hydrogens is 188 g/mol. The van der Waals surface area contributed by atoms with Gasteiger partial charge in [0.1, 0.15) is 6.10 Å². The Kier molecular flexibility index (Phi) is 4.12. The Morgan fingerprint density at radius 1 is 1.44 bits per heavy atom. The number of hydroxylamine groups is 1. The second kappa shape index (κ2) is 3.81. The van der Waals surface area contributed by atoms with Gasteiger partial charge in [0.15, 0.2) is 0 Å². The fourth-order valence-electron chi connectivity index (χ4n) is 0.202. The number of halogens is 3. The van der Waals surface area contributed by atoms with Crippen molar-refractivity contribution in [1.82, 2.24) is 5.48 Å². The smallest absolute Gasteiger partial charge is 0.217 e. The van der Waals surface area contributed by atoms with Crippen LogP contribution in [0.2, 0.25) is 0 Å². The van der Waals surface area contributed by atoms with Crippen molar-refractivity contribution in [3.63, 3.8) is 0 Å². The molecule has 6 heteroatoms. The van der Waals surface area contributed by atoms with Crippen molar-refractivity contribution >= 4 is 34.8 Å². The van der Waals surface area contributed by atoms with E-state index in [1.54, 1.807) is 5.48 Å². The van der Waals surface area contributed by atoms with Gasteiger partial charge in [0.25, 0.3) is 0 Å². The van der Waals surface area contributed by atoms with Crippen LogP contribution in [0.25, 0.3) is 0 Å². The lowest BCUT2D eigenvalue weighted by Crippen LogP contribution is -2.34. The molecule has 0 rings (SSSR count). The summed E-state index contributed by atoms with van der Waals surface area (Å²) in [4.78, 5) is 0. The SMILES string of the molecule is ONCC(O)C(Cl)(Cl)Cl. The molecular formula is C3H6Cl3NO2. The summed E-state index contributed by atoms with van der Waals surface area (Å²) in [6.45, 7) is -0.170. The number of hydrogen-bond acceptors (Lipinski definition) is 3. The summed E-state index contributed by atoms with van der Waals surface area (Å²) in [5.74, 6) is 0. The summed E-state index contributed by atoms with van der Waals surface area (Å²) >= 11 is 15.6. The first-order valence-corrected chi connectivity index (χ1v) is 3.23. The lowest BCUT2D eigenvalue weighted by Gasteiger charge is -2.16. The average molecular weight is 194 g/mol. The fourth-order valence-corrected chi connectivity index (χ4v) is 0.434. The topological polar surface area (TPSA) is 52.5 Å². The second-order valence-electron chi connectivity index (χ2n) is 1.42. The van der Waals surface area contributed by atoms with Crippen molar-refractivity contribution in [3.05, 3.63) is 0 Å². The van der Waals surface area contributed by atoms with Crippen LogP contribution in [0.1, 0.15) is 0 Å². The highest BCUT2D eigenvalue weighted by Gasteiger charge is 2.29. The van der Waals surface area contributed by atoms with Crippen LogP contribution in [-0.2, 0) is 0 Å². The Balaban J connectivity index is 3.59. The molecule has 1 unspecified atom stereocenters. The second-order valence-corrected chi connectivity index (χ2v) is 3.79. The zero-order valence-electron chi connectivity index (χ0n) is 4.31. The van der Waals surface area contributed by atoms with Gasteiger partial charge in [-0.15, -0.1) is 0 Å². The Hall–Kier alpha value is 0.750. The van der Waals surface area contributed by atoms with E-state index < -0.39 is 9.90 Å². The van der Waals surface area contributed by atoms with Gasteiger partial charge in [-0.25, -0.2) is 5.48 Å². The van der Waals surface area contributed by atoms with Crippen LogP contribution in [0, 0.1) is 0 Å². The molecule has 0 aromatic heterocycles. The monoisotopic (exact) mass is 193 g/mol. The molecule has 0 aliphatic heterocycles. The number of aliphatic hydroxyl groups excluding tert-OH is 1. The van der Waals surface area contributed by atoms with Gasteiger partial charge >= 0.3 is 0 Å². The van der Waals surface area contributed by atoms with E-state index in [1.807, 2.05) is 0 Å². The molecule has 0 saturated carbocycles. The highest BCUT2D eigenvalue weighted by molar-refractivity contribution is 6.68. The summed E-state index contributed by atoms with van der Waals surface area (Å²) < 4.78 is -1.74. The Morgan fingerprint density at radius 3 is 2.00 bits per heavy atom. The maximum absolute atomic E-state index is 8.77. The minimum atomic E-state index is -1.74. The minimum Gasteiger partial charge on any atom is -0.387 e. The average Bonchev–Trinajstić information content (AvgIpc) is 1.64. The lowest BCUT2D eigenvalue weighted by molar-refractivity contribution is 0.0939. The lowest BCUT2D eigenvalue weighted by atomic mass is 10.4. The normalized spacial score (nSPS) is 15.7. The Bertz CT molecular complexity index is 83.6. The summed E-state index contributed by atoms with van der Waals surface area (Å²) in [5, 5.41) is 16.8. The van der Waals surface area contributed by atoms with Crippen LogP contribution < -0.4 is 5.48 Å². The third-order valence-electron chi connectivity index (χ3n) is 0.662. The first kappa shape index (κ1) is 9.75. The molecule has 0 spiro atoms.